The van der Waals surface area contributed by atoms with Gasteiger partial charge in [0.05, 0.1) is 11.8 Å². The highest BCUT2D eigenvalue weighted by molar-refractivity contribution is 9.10. The first-order chi connectivity index (χ1) is 11.5. The lowest BCUT2D eigenvalue weighted by atomic mass is 10.0. The molecule has 0 aliphatic carbocycles. The van der Waals surface area contributed by atoms with E-state index < -0.39 is 0 Å². The molecule has 1 saturated heterocycles. The first-order valence-electron chi connectivity index (χ1n) is 7.77. The van der Waals surface area contributed by atoms with E-state index in [2.05, 4.69) is 26.0 Å². The summed E-state index contributed by atoms with van der Waals surface area (Å²) in [4.78, 5) is 20.4. The Morgan fingerprint density at radius 2 is 2.25 bits per heavy atom. The number of halogens is 2. The average Bonchev–Trinajstić information content (AvgIpc) is 3.00. The summed E-state index contributed by atoms with van der Waals surface area (Å²) < 4.78 is 16.4. The summed E-state index contributed by atoms with van der Waals surface area (Å²) in [6.07, 6.45) is 6.63. The SMILES string of the molecule is CN(C(=O)c1cnn(C)c1)C1CCCN(c2ncc(Br)cc2F)C1. The van der Waals surface area contributed by atoms with Crippen LogP contribution in [0.1, 0.15) is 23.2 Å². The molecule has 1 fully saturated rings. The van der Waals surface area contributed by atoms with Crippen LogP contribution in [0.15, 0.2) is 29.1 Å². The van der Waals surface area contributed by atoms with E-state index in [-0.39, 0.29) is 17.8 Å². The summed E-state index contributed by atoms with van der Waals surface area (Å²) in [5.74, 6) is -0.0874. The largest absolute Gasteiger partial charge is 0.352 e. The van der Waals surface area contributed by atoms with E-state index in [4.69, 9.17) is 0 Å². The highest BCUT2D eigenvalue weighted by atomic mass is 79.9. The van der Waals surface area contributed by atoms with Crippen LogP contribution in [0.5, 0.6) is 0 Å². The predicted molar refractivity (Wildman–Crippen MR) is 92.4 cm³/mol. The summed E-state index contributed by atoms with van der Waals surface area (Å²) in [7, 11) is 3.57. The molecule has 0 N–H and O–H groups in total. The monoisotopic (exact) mass is 395 g/mol. The summed E-state index contributed by atoms with van der Waals surface area (Å²) >= 11 is 3.22. The van der Waals surface area contributed by atoms with Gasteiger partial charge in [-0.2, -0.15) is 5.10 Å². The molecule has 2 aromatic heterocycles. The number of hydrogen-bond donors (Lipinski definition) is 0. The van der Waals surface area contributed by atoms with Gasteiger partial charge in [-0.3, -0.25) is 9.48 Å². The molecule has 128 valence electrons. The van der Waals surface area contributed by atoms with Crippen molar-refractivity contribution in [1.29, 1.82) is 0 Å². The molecule has 6 nitrogen and oxygen atoms in total. The molecule has 1 aliphatic rings. The fourth-order valence-electron chi connectivity index (χ4n) is 3.00. The van der Waals surface area contributed by atoms with Crippen molar-refractivity contribution in [2.24, 2.45) is 7.05 Å². The number of nitrogens with zero attached hydrogens (tertiary/aromatic N) is 5. The van der Waals surface area contributed by atoms with Crippen molar-refractivity contribution in [2.45, 2.75) is 18.9 Å². The molecule has 8 heteroatoms. The van der Waals surface area contributed by atoms with E-state index in [1.165, 1.54) is 6.07 Å². The second-order valence-corrected chi connectivity index (χ2v) is 6.94. The van der Waals surface area contributed by atoms with Gasteiger partial charge in [0.1, 0.15) is 0 Å². The topological polar surface area (TPSA) is 54.3 Å². The fraction of sp³-hybridized carbons (Fsp3) is 0.438. The second kappa shape index (κ2) is 6.88. The number of carbonyl (C=O) groups is 1. The number of hydrogen-bond acceptors (Lipinski definition) is 4. The van der Waals surface area contributed by atoms with Gasteiger partial charge >= 0.3 is 0 Å². The lowest BCUT2D eigenvalue weighted by molar-refractivity contribution is 0.0717. The van der Waals surface area contributed by atoms with Crippen molar-refractivity contribution in [3.8, 4) is 0 Å². The van der Waals surface area contributed by atoms with E-state index in [0.29, 0.717) is 22.4 Å². The minimum absolute atomic E-state index is 0.0105. The van der Waals surface area contributed by atoms with Crippen molar-refractivity contribution in [3.05, 3.63) is 40.5 Å². The zero-order valence-electron chi connectivity index (χ0n) is 13.6. The van der Waals surface area contributed by atoms with Crippen LogP contribution in [-0.4, -0.2) is 51.8 Å². The van der Waals surface area contributed by atoms with E-state index in [1.54, 1.807) is 42.3 Å². The summed E-state index contributed by atoms with van der Waals surface area (Å²) in [5, 5.41) is 4.04. The van der Waals surface area contributed by atoms with Gasteiger partial charge < -0.3 is 9.80 Å². The Kier molecular flexibility index (Phi) is 4.84. The number of pyridine rings is 1. The lowest BCUT2D eigenvalue weighted by Crippen LogP contribution is -2.49. The molecule has 1 unspecified atom stereocenters. The van der Waals surface area contributed by atoms with Crippen molar-refractivity contribution in [3.63, 3.8) is 0 Å². The van der Waals surface area contributed by atoms with Crippen molar-refractivity contribution in [1.82, 2.24) is 19.7 Å². The first-order valence-corrected chi connectivity index (χ1v) is 8.57. The maximum Gasteiger partial charge on any atom is 0.257 e. The number of aryl methyl sites for hydroxylation is 1. The summed E-state index contributed by atoms with van der Waals surface area (Å²) in [6, 6.07) is 1.42. The predicted octanol–water partition coefficient (Wildman–Crippen LogP) is 2.46. The van der Waals surface area contributed by atoms with Gasteiger partial charge in [0.15, 0.2) is 11.6 Å². The molecule has 0 spiro atoms. The number of rotatable bonds is 3. The van der Waals surface area contributed by atoms with Gasteiger partial charge in [0, 0.05) is 50.1 Å². The van der Waals surface area contributed by atoms with Gasteiger partial charge in [0.2, 0.25) is 0 Å². The van der Waals surface area contributed by atoms with Gasteiger partial charge in [0.25, 0.3) is 5.91 Å². The molecule has 1 amide bonds. The Labute approximate surface area is 148 Å². The van der Waals surface area contributed by atoms with Crippen molar-refractivity contribution < 1.29 is 9.18 Å². The van der Waals surface area contributed by atoms with E-state index in [9.17, 15) is 9.18 Å². The molecule has 1 atom stereocenters. The zero-order valence-corrected chi connectivity index (χ0v) is 15.2. The molecule has 1 aliphatic heterocycles. The maximum atomic E-state index is 14.2. The Hall–Kier alpha value is -1.96. The molecule has 3 heterocycles. The number of amides is 1. The number of carbonyl (C=O) groups excluding carboxylic acids is 1. The van der Waals surface area contributed by atoms with E-state index in [1.807, 2.05) is 4.90 Å². The Balaban J connectivity index is 1.74. The smallest absolute Gasteiger partial charge is 0.257 e. The van der Waals surface area contributed by atoms with Crippen LogP contribution in [0.3, 0.4) is 0 Å². The third-order valence-corrected chi connectivity index (χ3v) is 4.74. The van der Waals surface area contributed by atoms with Crippen molar-refractivity contribution >= 4 is 27.7 Å². The third kappa shape index (κ3) is 3.43. The minimum Gasteiger partial charge on any atom is -0.352 e. The van der Waals surface area contributed by atoms with Gasteiger partial charge in [-0.25, -0.2) is 9.37 Å². The highest BCUT2D eigenvalue weighted by Crippen LogP contribution is 2.25. The molecular weight excluding hydrogens is 377 g/mol. The third-order valence-electron chi connectivity index (χ3n) is 4.30. The second-order valence-electron chi connectivity index (χ2n) is 6.02. The summed E-state index contributed by atoms with van der Waals surface area (Å²) in [6.45, 7) is 1.30. The van der Waals surface area contributed by atoms with Crippen LogP contribution >= 0.6 is 15.9 Å². The van der Waals surface area contributed by atoms with Crippen LogP contribution in [0, 0.1) is 5.82 Å². The normalized spacial score (nSPS) is 17.8. The Morgan fingerprint density at radius 1 is 1.46 bits per heavy atom. The Morgan fingerprint density at radius 3 is 2.92 bits per heavy atom. The Bertz CT molecular complexity index is 750. The van der Waals surface area contributed by atoms with Crippen LogP contribution in [0.4, 0.5) is 10.2 Å². The number of piperidine rings is 1. The molecule has 0 aromatic carbocycles. The lowest BCUT2D eigenvalue weighted by Gasteiger charge is -2.38. The summed E-state index contributed by atoms with van der Waals surface area (Å²) in [5.41, 5.74) is 0.560. The van der Waals surface area contributed by atoms with Gasteiger partial charge in [-0.05, 0) is 34.8 Å². The molecule has 24 heavy (non-hydrogen) atoms. The maximum absolute atomic E-state index is 14.2. The number of aromatic nitrogens is 3. The molecule has 0 saturated carbocycles. The highest BCUT2D eigenvalue weighted by Gasteiger charge is 2.29. The van der Waals surface area contributed by atoms with Gasteiger partial charge in [-0.1, -0.05) is 0 Å². The minimum atomic E-state index is -0.355. The number of likely N-dealkylation sites (N-methyl/N-ethyl adjacent to an activating group) is 1. The van der Waals surface area contributed by atoms with Crippen LogP contribution < -0.4 is 4.90 Å². The molecule has 2 aromatic rings. The molecule has 3 rings (SSSR count). The van der Waals surface area contributed by atoms with Crippen LogP contribution in [0.25, 0.3) is 0 Å². The van der Waals surface area contributed by atoms with Crippen molar-refractivity contribution in [2.75, 3.05) is 25.0 Å². The first kappa shape index (κ1) is 16.9. The zero-order chi connectivity index (χ0) is 17.3. The number of anilines is 1. The average molecular weight is 396 g/mol. The van der Waals surface area contributed by atoms with Crippen LogP contribution in [-0.2, 0) is 7.05 Å². The molecule has 0 bridgehead atoms. The van der Waals surface area contributed by atoms with E-state index >= 15 is 0 Å². The quantitative estimate of drug-likeness (QED) is 0.800. The van der Waals surface area contributed by atoms with E-state index in [0.717, 1.165) is 19.4 Å². The fourth-order valence-corrected chi connectivity index (χ4v) is 3.31. The van der Waals surface area contributed by atoms with Crippen LogP contribution in [0.2, 0.25) is 0 Å². The molecule has 0 radical (unpaired) electrons. The van der Waals surface area contributed by atoms with Gasteiger partial charge in [-0.15, -0.1) is 0 Å². The standard InChI is InChI=1S/C16H19BrFN5O/c1-21-9-11(7-20-21)16(24)22(2)13-4-3-5-23(10-13)15-14(18)6-12(17)8-19-15/h6-9,13H,3-5,10H2,1-2H3. The molecular formula is C16H19BrFN5O.